The van der Waals surface area contributed by atoms with Gasteiger partial charge in [-0.05, 0) is 280 Å². The topological polar surface area (TPSA) is 0 Å². The molecule has 6 aliphatic carbocycles. The van der Waals surface area contributed by atoms with E-state index in [4.69, 9.17) is 0 Å². The molecular weight excluding hydrogens is 1080 g/mol. The molecule has 0 atom stereocenters. The lowest BCUT2D eigenvalue weighted by Gasteiger charge is -2.39. The van der Waals surface area contributed by atoms with Crippen molar-refractivity contribution in [1.29, 1.82) is 0 Å². The largest absolute Gasteiger partial charge is 0.0642 e. The lowest BCUT2D eigenvalue weighted by molar-refractivity contribution is 0.445. The lowest BCUT2D eigenvalue weighted by Crippen LogP contribution is -2.32. The van der Waals surface area contributed by atoms with Gasteiger partial charge < -0.3 is 0 Å². The van der Waals surface area contributed by atoms with E-state index >= 15 is 0 Å². The number of fused-ring (bicyclic) bond motifs is 21. The summed E-state index contributed by atoms with van der Waals surface area (Å²) in [4.78, 5) is 0. The lowest BCUT2D eigenvalue weighted by atomic mass is 9.63. The second-order valence-electron chi connectivity index (χ2n) is 28.2. The number of hydrogen-bond donors (Lipinski definition) is 0. The Labute approximate surface area is 538 Å². The molecule has 0 saturated heterocycles. The molecule has 0 heteroatoms. The Morgan fingerprint density at radius 2 is 0.378 bits per heavy atom. The fourth-order valence-electron chi connectivity index (χ4n) is 21.3. The monoisotopic (exact) mass is 1170 g/mol. The van der Waals surface area contributed by atoms with Crippen molar-refractivity contribution >= 4 is 0 Å². The van der Waals surface area contributed by atoms with Crippen LogP contribution in [-0.4, -0.2) is 0 Å². The zero-order chi connectivity index (χ0) is 62.0. The summed E-state index contributed by atoms with van der Waals surface area (Å²) in [6.07, 6.45) is 12.7. The first-order valence-electron chi connectivity index (χ1n) is 35.4. The molecular formula is C90H90. The van der Waals surface area contributed by atoms with E-state index in [0.29, 0.717) is 0 Å². The van der Waals surface area contributed by atoms with Crippen LogP contribution in [0.4, 0.5) is 0 Å². The van der Waals surface area contributed by atoms with Crippen LogP contribution in [0.25, 0.3) is 100 Å². The Bertz CT molecular complexity index is 4640. The average molecular weight is 1170 g/mol. The van der Waals surface area contributed by atoms with E-state index in [2.05, 4.69) is 265 Å². The SMILES string of the molecule is CCC1(CC)c2ccccc2-c2ccc(-c3ccc4c(c3)C(CC)(CC)c3c-4c4c(c5c3-c3ccc(-c6ccc7c(c6)C(CC)(CC)c6ccccc6-7)cc3C5(CC)CC)C(CC)(CC)c3cc(-c5ccc6c(c5)C(CC)(CC)c5ccccc5-6)ccc3-4)cc21. The average Bonchev–Trinajstić information content (AvgIpc) is 1.62. The summed E-state index contributed by atoms with van der Waals surface area (Å²) in [5, 5.41) is 0. The zero-order valence-corrected chi connectivity index (χ0v) is 55.8. The summed E-state index contributed by atoms with van der Waals surface area (Å²) in [5.74, 6) is 0. The Balaban J connectivity index is 0.946. The first-order valence-corrected chi connectivity index (χ1v) is 35.4. The van der Waals surface area contributed by atoms with Crippen molar-refractivity contribution in [3.05, 3.63) is 249 Å². The van der Waals surface area contributed by atoms with Gasteiger partial charge in [0, 0.05) is 32.5 Å². The summed E-state index contributed by atoms with van der Waals surface area (Å²) in [5.41, 5.74) is 43.4. The third-order valence-corrected chi connectivity index (χ3v) is 26.4. The first kappa shape index (κ1) is 57.4. The van der Waals surface area contributed by atoms with E-state index in [9.17, 15) is 0 Å². The molecule has 450 valence electrons. The van der Waals surface area contributed by atoms with Gasteiger partial charge >= 0.3 is 0 Å². The van der Waals surface area contributed by atoms with Crippen LogP contribution in [-0.2, 0) is 32.5 Å². The molecule has 0 amide bonds. The highest BCUT2D eigenvalue weighted by atomic mass is 14.6. The van der Waals surface area contributed by atoms with Gasteiger partial charge in [0.25, 0.3) is 0 Å². The molecule has 0 unspecified atom stereocenters. The molecule has 90 heavy (non-hydrogen) atoms. The molecule has 0 aliphatic heterocycles. The Morgan fingerprint density at radius 1 is 0.178 bits per heavy atom. The number of benzene rings is 10. The van der Waals surface area contributed by atoms with Crippen molar-refractivity contribution < 1.29 is 0 Å². The van der Waals surface area contributed by atoms with Gasteiger partial charge in [-0.25, -0.2) is 0 Å². The van der Waals surface area contributed by atoms with Crippen molar-refractivity contribution in [2.24, 2.45) is 0 Å². The van der Waals surface area contributed by atoms with Crippen molar-refractivity contribution in [3.63, 3.8) is 0 Å². The predicted octanol–water partition coefficient (Wildman–Crippen LogP) is 25.2. The van der Waals surface area contributed by atoms with Crippen LogP contribution in [0.1, 0.15) is 227 Å². The molecule has 0 bridgehead atoms. The molecule has 0 aromatic heterocycles. The third kappa shape index (κ3) is 6.84. The molecule has 0 spiro atoms. The minimum atomic E-state index is -0.216. The van der Waals surface area contributed by atoms with E-state index in [1.807, 2.05) is 0 Å². The van der Waals surface area contributed by atoms with Crippen molar-refractivity contribution in [1.82, 2.24) is 0 Å². The summed E-state index contributed by atoms with van der Waals surface area (Å²) in [7, 11) is 0. The van der Waals surface area contributed by atoms with Crippen molar-refractivity contribution in [3.8, 4) is 100 Å². The Morgan fingerprint density at radius 3 is 0.656 bits per heavy atom. The second-order valence-corrected chi connectivity index (χ2v) is 28.2. The highest BCUT2D eigenvalue weighted by Crippen LogP contribution is 2.71. The normalized spacial score (nSPS) is 17.1. The van der Waals surface area contributed by atoms with Gasteiger partial charge in [0.15, 0.2) is 0 Å². The van der Waals surface area contributed by atoms with Crippen LogP contribution < -0.4 is 0 Å². The third-order valence-electron chi connectivity index (χ3n) is 26.4. The van der Waals surface area contributed by atoms with Crippen LogP contribution >= 0.6 is 0 Å². The number of rotatable bonds is 15. The van der Waals surface area contributed by atoms with Gasteiger partial charge in [-0.3, -0.25) is 0 Å². The van der Waals surface area contributed by atoms with Gasteiger partial charge in [0.1, 0.15) is 0 Å². The quantitative estimate of drug-likeness (QED) is 0.0960. The van der Waals surface area contributed by atoms with E-state index < -0.39 is 0 Å². The van der Waals surface area contributed by atoms with E-state index in [-0.39, 0.29) is 32.5 Å². The van der Waals surface area contributed by atoms with Crippen LogP contribution in [0.2, 0.25) is 0 Å². The van der Waals surface area contributed by atoms with Gasteiger partial charge in [-0.1, -0.05) is 229 Å². The standard InChI is InChI=1S/C90H90/c1-13-85(14-2)70-34-28-25-31-61(70)64-43-37-55(49-73(64)85)58-40-46-67-76(52-58)88(19-7,20-8)82-79(67)80-68-47-41-59(56-38-44-65-62-32-26-29-35-71(62)86(15-3,16-4)74(65)50-56)53-77(68)89(21-9,22-10)83(80)84-81(82)69-48-42-60(54-78(69)90(84,23-11)24-12)57-39-45-66-63-33-27-30-36-72(63)87(17-5,18-6)75(66)51-57/h25-54H,13-24H2,1-12H3. The second kappa shape index (κ2) is 20.4. The molecule has 16 rings (SSSR count). The summed E-state index contributed by atoms with van der Waals surface area (Å²) in [6.45, 7) is 29.6. The molecule has 0 radical (unpaired) electrons. The van der Waals surface area contributed by atoms with Crippen molar-refractivity contribution in [2.75, 3.05) is 0 Å². The van der Waals surface area contributed by atoms with Crippen molar-refractivity contribution in [2.45, 2.75) is 193 Å². The molecule has 0 N–H and O–H groups in total. The van der Waals surface area contributed by atoms with Crippen LogP contribution in [0, 0.1) is 0 Å². The highest BCUT2D eigenvalue weighted by Gasteiger charge is 2.57. The zero-order valence-electron chi connectivity index (χ0n) is 55.8. The summed E-state index contributed by atoms with van der Waals surface area (Å²) < 4.78 is 0. The minimum Gasteiger partial charge on any atom is -0.0642 e. The maximum Gasteiger partial charge on any atom is 0.0216 e. The van der Waals surface area contributed by atoms with Gasteiger partial charge in [0.2, 0.25) is 0 Å². The van der Waals surface area contributed by atoms with Crippen LogP contribution in [0.5, 0.6) is 0 Å². The summed E-state index contributed by atoms with van der Waals surface area (Å²) >= 11 is 0. The molecule has 6 aliphatic rings. The van der Waals surface area contributed by atoms with E-state index in [0.717, 1.165) is 77.0 Å². The maximum absolute atomic E-state index is 2.71. The fourth-order valence-corrected chi connectivity index (χ4v) is 21.3. The predicted molar refractivity (Wildman–Crippen MR) is 384 cm³/mol. The van der Waals surface area contributed by atoms with Gasteiger partial charge in [-0.2, -0.15) is 0 Å². The Kier molecular flexibility index (Phi) is 13.0. The number of hydrogen-bond acceptors (Lipinski definition) is 0. The van der Waals surface area contributed by atoms with E-state index in [1.165, 1.54) is 145 Å². The smallest absolute Gasteiger partial charge is 0.0216 e. The fraction of sp³-hybridized carbons (Fsp3) is 0.333. The molecule has 0 fully saturated rings. The molecule has 10 aromatic carbocycles. The van der Waals surface area contributed by atoms with E-state index in [1.54, 1.807) is 22.3 Å². The minimum absolute atomic E-state index is 0.00716. The molecule has 0 heterocycles. The van der Waals surface area contributed by atoms with Crippen LogP contribution in [0.15, 0.2) is 182 Å². The Hall–Kier alpha value is -7.80. The highest BCUT2D eigenvalue weighted by molar-refractivity contribution is 6.07. The molecule has 0 saturated carbocycles. The first-order chi connectivity index (χ1) is 43.9. The van der Waals surface area contributed by atoms with Gasteiger partial charge in [-0.15, -0.1) is 0 Å². The maximum atomic E-state index is 2.71. The van der Waals surface area contributed by atoms with Crippen LogP contribution in [0.3, 0.4) is 0 Å². The summed E-state index contributed by atoms with van der Waals surface area (Å²) in [6, 6.07) is 73.8. The van der Waals surface area contributed by atoms with Gasteiger partial charge in [0.05, 0.1) is 0 Å². The molecule has 0 nitrogen and oxygen atoms in total. The molecule has 10 aromatic rings.